The van der Waals surface area contributed by atoms with Crippen molar-refractivity contribution < 1.29 is 9.59 Å². The summed E-state index contributed by atoms with van der Waals surface area (Å²) in [4.78, 5) is 34.9. The number of hydrogen-bond donors (Lipinski definition) is 1. The van der Waals surface area contributed by atoms with Crippen molar-refractivity contribution in [2.75, 3.05) is 49.1 Å². The number of aromatic nitrogens is 2. The highest BCUT2D eigenvalue weighted by Crippen LogP contribution is 2.29. The fourth-order valence-electron chi connectivity index (χ4n) is 5.27. The van der Waals surface area contributed by atoms with Crippen LogP contribution in [0.4, 0.5) is 16.4 Å². The van der Waals surface area contributed by atoms with E-state index in [0.717, 1.165) is 43.3 Å². The van der Waals surface area contributed by atoms with Crippen LogP contribution in [0.15, 0.2) is 24.5 Å². The number of imide groups is 1. The smallest absolute Gasteiger partial charge is 0.330 e. The summed E-state index contributed by atoms with van der Waals surface area (Å²) in [7, 11) is 0. The van der Waals surface area contributed by atoms with Gasteiger partial charge in [0.25, 0.3) is 0 Å². The summed E-state index contributed by atoms with van der Waals surface area (Å²) in [6.45, 7) is 5.76. The van der Waals surface area contributed by atoms with E-state index < -0.39 is 6.03 Å². The van der Waals surface area contributed by atoms with E-state index in [0.29, 0.717) is 18.9 Å². The normalized spacial score (nSPS) is 21.7. The molecule has 0 aromatic carbocycles. The Bertz CT molecular complexity index is 943. The second-order valence-corrected chi connectivity index (χ2v) is 9.08. The van der Waals surface area contributed by atoms with Gasteiger partial charge < -0.3 is 4.90 Å². The molecule has 2 saturated heterocycles. The number of piperazine rings is 1. The fourth-order valence-corrected chi connectivity index (χ4v) is 5.27. The van der Waals surface area contributed by atoms with E-state index in [2.05, 4.69) is 26.2 Å². The molecule has 3 amide bonds. The summed E-state index contributed by atoms with van der Waals surface area (Å²) < 4.78 is 1.96. The first kappa shape index (κ1) is 20.3. The van der Waals surface area contributed by atoms with Gasteiger partial charge >= 0.3 is 6.03 Å². The summed E-state index contributed by atoms with van der Waals surface area (Å²) in [5, 5.41) is 2.38. The average Bonchev–Trinajstić information content (AvgIpc) is 3.23. The van der Waals surface area contributed by atoms with Gasteiger partial charge in [-0.2, -0.15) is 0 Å². The Hall–Kier alpha value is -2.61. The van der Waals surface area contributed by atoms with Crippen molar-refractivity contribution in [3.8, 4) is 0 Å². The first-order valence-corrected chi connectivity index (χ1v) is 11.7. The zero-order valence-electron chi connectivity index (χ0n) is 18.1. The summed E-state index contributed by atoms with van der Waals surface area (Å²) in [5.41, 5.74) is 2.15. The lowest BCUT2D eigenvalue weighted by atomic mass is 9.87. The molecule has 0 unspecified atom stereocenters. The van der Waals surface area contributed by atoms with Gasteiger partial charge in [0.15, 0.2) is 0 Å². The highest BCUT2D eigenvalue weighted by atomic mass is 16.2. The van der Waals surface area contributed by atoms with Crippen molar-refractivity contribution in [1.29, 1.82) is 0 Å². The monoisotopic (exact) mass is 424 g/mol. The third-order valence-corrected chi connectivity index (χ3v) is 7.12. The first-order valence-electron chi connectivity index (χ1n) is 11.7. The van der Waals surface area contributed by atoms with Crippen LogP contribution in [0.3, 0.4) is 0 Å². The van der Waals surface area contributed by atoms with E-state index in [1.54, 1.807) is 4.90 Å². The third-order valence-electron chi connectivity index (χ3n) is 7.12. The summed E-state index contributed by atoms with van der Waals surface area (Å²) in [6, 6.07) is 3.74. The van der Waals surface area contributed by atoms with Crippen molar-refractivity contribution in [1.82, 2.24) is 19.6 Å². The molecule has 4 heterocycles. The molecular formula is C23H32N6O2. The molecule has 2 aliphatic heterocycles. The first-order chi connectivity index (χ1) is 15.2. The molecule has 8 nitrogen and oxygen atoms in total. The number of hydrogen-bond acceptors (Lipinski definition) is 5. The predicted molar refractivity (Wildman–Crippen MR) is 121 cm³/mol. The number of nitrogens with one attached hydrogen (secondary N) is 1. The molecule has 1 aliphatic carbocycles. The zero-order valence-corrected chi connectivity index (χ0v) is 18.1. The van der Waals surface area contributed by atoms with Gasteiger partial charge in [-0.3, -0.25) is 24.3 Å². The molecule has 2 aromatic heterocycles. The van der Waals surface area contributed by atoms with Crippen molar-refractivity contribution in [3.05, 3.63) is 24.5 Å². The third kappa shape index (κ3) is 4.26. The summed E-state index contributed by atoms with van der Waals surface area (Å²) >= 11 is 0. The van der Waals surface area contributed by atoms with Crippen LogP contribution in [-0.2, 0) is 4.79 Å². The number of rotatable bonds is 5. The van der Waals surface area contributed by atoms with Crippen LogP contribution < -0.4 is 15.1 Å². The quantitative estimate of drug-likeness (QED) is 0.799. The highest BCUT2D eigenvalue weighted by Gasteiger charge is 2.28. The Morgan fingerprint density at radius 2 is 1.84 bits per heavy atom. The van der Waals surface area contributed by atoms with Crippen LogP contribution >= 0.6 is 0 Å². The van der Waals surface area contributed by atoms with Gasteiger partial charge in [0.1, 0.15) is 0 Å². The molecule has 5 rings (SSSR count). The molecule has 166 valence electrons. The van der Waals surface area contributed by atoms with Crippen LogP contribution in [-0.4, -0.2) is 65.5 Å². The Morgan fingerprint density at radius 1 is 1.03 bits per heavy atom. The van der Waals surface area contributed by atoms with Crippen molar-refractivity contribution in [2.24, 2.45) is 5.92 Å². The maximum Gasteiger partial charge on any atom is 0.330 e. The van der Waals surface area contributed by atoms with Gasteiger partial charge in [-0.1, -0.05) is 32.1 Å². The molecule has 1 saturated carbocycles. The lowest BCUT2D eigenvalue weighted by Crippen LogP contribution is -2.50. The molecule has 3 aliphatic rings. The van der Waals surface area contributed by atoms with Gasteiger partial charge in [0.05, 0.1) is 17.4 Å². The van der Waals surface area contributed by atoms with E-state index in [-0.39, 0.29) is 5.91 Å². The van der Waals surface area contributed by atoms with Gasteiger partial charge in [-0.15, -0.1) is 0 Å². The molecule has 8 heteroatoms. The van der Waals surface area contributed by atoms with Crippen molar-refractivity contribution >= 4 is 29.1 Å². The number of nitrogens with zero attached hydrogens (tertiary/aromatic N) is 5. The maximum atomic E-state index is 12.3. The molecule has 2 aromatic rings. The van der Waals surface area contributed by atoms with Gasteiger partial charge in [-0.05, 0) is 31.0 Å². The van der Waals surface area contributed by atoms with E-state index in [9.17, 15) is 9.59 Å². The molecular weight excluding hydrogens is 392 g/mol. The van der Waals surface area contributed by atoms with Gasteiger partial charge in [0.2, 0.25) is 11.9 Å². The molecule has 0 spiro atoms. The number of urea groups is 1. The molecule has 0 bridgehead atoms. The number of imidazole rings is 1. The minimum Gasteiger partial charge on any atom is -0.367 e. The number of anilines is 2. The molecule has 31 heavy (non-hydrogen) atoms. The standard InChI is InChI=1S/C23H32N6O2/c30-21-9-12-29(23(31)25-21)22-24-17-20-19(7-4-10-28(20)22)27-15-13-26(14-16-27)11-8-18-5-2-1-3-6-18/h4,7,10,17-18H,1-3,5-6,8-9,11-16H2,(H,25,30,31). The number of carbonyl (C=O) groups is 2. The summed E-state index contributed by atoms with van der Waals surface area (Å²) in [6.07, 6.45) is 12.5. The van der Waals surface area contributed by atoms with Gasteiger partial charge in [0, 0.05) is 45.3 Å². The minimum atomic E-state index is -0.402. The highest BCUT2D eigenvalue weighted by molar-refractivity contribution is 6.05. The lowest BCUT2D eigenvalue weighted by molar-refractivity contribution is -0.120. The Kier molecular flexibility index (Phi) is 5.80. The lowest BCUT2D eigenvalue weighted by Gasteiger charge is -2.37. The topological polar surface area (TPSA) is 73.2 Å². The van der Waals surface area contributed by atoms with Crippen LogP contribution in [0.5, 0.6) is 0 Å². The zero-order chi connectivity index (χ0) is 21.2. The Labute approximate surface area is 183 Å². The minimum absolute atomic E-state index is 0.232. The Morgan fingerprint density at radius 3 is 2.61 bits per heavy atom. The predicted octanol–water partition coefficient (Wildman–Crippen LogP) is 2.87. The second-order valence-electron chi connectivity index (χ2n) is 9.08. The molecule has 1 N–H and O–H groups in total. The molecule has 0 radical (unpaired) electrons. The Balaban J connectivity index is 1.24. The second kappa shape index (κ2) is 8.86. The van der Waals surface area contributed by atoms with Crippen molar-refractivity contribution in [2.45, 2.75) is 44.9 Å². The molecule has 3 fully saturated rings. The van der Waals surface area contributed by atoms with E-state index in [4.69, 9.17) is 0 Å². The van der Waals surface area contributed by atoms with Crippen LogP contribution in [0, 0.1) is 5.92 Å². The van der Waals surface area contributed by atoms with Crippen LogP contribution in [0.1, 0.15) is 44.9 Å². The number of pyridine rings is 1. The van der Waals surface area contributed by atoms with E-state index in [1.807, 2.05) is 22.9 Å². The van der Waals surface area contributed by atoms with Gasteiger partial charge in [-0.25, -0.2) is 9.78 Å². The number of amides is 3. The summed E-state index contributed by atoms with van der Waals surface area (Å²) in [5.74, 6) is 1.27. The number of fused-ring (bicyclic) bond motifs is 1. The van der Waals surface area contributed by atoms with E-state index >= 15 is 0 Å². The molecule has 0 atom stereocenters. The van der Waals surface area contributed by atoms with E-state index in [1.165, 1.54) is 45.1 Å². The average molecular weight is 425 g/mol. The SMILES string of the molecule is O=C1CCN(c2ncc3c(N4CCN(CCC5CCCCC5)CC4)cccn23)C(=O)N1. The largest absolute Gasteiger partial charge is 0.367 e. The maximum absolute atomic E-state index is 12.3. The fraction of sp³-hybridized carbons (Fsp3) is 0.609. The van der Waals surface area contributed by atoms with Crippen LogP contribution in [0.25, 0.3) is 5.52 Å². The van der Waals surface area contributed by atoms with Crippen LogP contribution in [0.2, 0.25) is 0 Å². The number of carbonyl (C=O) groups excluding carboxylic acids is 2. The van der Waals surface area contributed by atoms with Crippen molar-refractivity contribution in [3.63, 3.8) is 0 Å².